The van der Waals surface area contributed by atoms with Crippen molar-refractivity contribution >= 4 is 15.9 Å². The summed E-state index contributed by atoms with van der Waals surface area (Å²) in [6, 6.07) is 1.82. The summed E-state index contributed by atoms with van der Waals surface area (Å²) in [4.78, 5) is 0. The van der Waals surface area contributed by atoms with Gasteiger partial charge < -0.3 is 15.3 Å². The fourth-order valence-corrected chi connectivity index (χ4v) is 2.09. The molecule has 12 heavy (non-hydrogen) atoms. The van der Waals surface area contributed by atoms with E-state index < -0.39 is 6.10 Å². The number of hydrogen-bond donors (Lipinski definition) is 2. The Morgan fingerprint density at radius 2 is 2.50 bits per heavy atom. The zero-order valence-electron chi connectivity index (χ0n) is 6.46. The van der Waals surface area contributed by atoms with Crippen molar-refractivity contribution in [3.8, 4) is 0 Å². The highest BCUT2D eigenvalue weighted by atomic mass is 79.9. The molecule has 1 aliphatic carbocycles. The third kappa shape index (κ3) is 1.11. The molecule has 1 heterocycles. The van der Waals surface area contributed by atoms with E-state index in [9.17, 15) is 5.11 Å². The molecular formula is C8H10BrNO2. The lowest BCUT2D eigenvalue weighted by molar-refractivity contribution is 0.173. The van der Waals surface area contributed by atoms with Crippen molar-refractivity contribution in [1.82, 2.24) is 0 Å². The molecular weight excluding hydrogens is 222 g/mol. The van der Waals surface area contributed by atoms with Crippen LogP contribution in [-0.4, -0.2) is 11.7 Å². The van der Waals surface area contributed by atoms with Gasteiger partial charge in [-0.05, 0) is 28.4 Å². The van der Waals surface area contributed by atoms with E-state index in [4.69, 9.17) is 10.2 Å². The van der Waals surface area contributed by atoms with Crippen molar-refractivity contribution in [2.45, 2.75) is 18.4 Å². The number of fused-ring (bicyclic) bond motifs is 1. The molecule has 0 aliphatic heterocycles. The maximum absolute atomic E-state index is 9.56. The highest BCUT2D eigenvalue weighted by Crippen LogP contribution is 2.42. The second-order valence-electron chi connectivity index (χ2n) is 3.05. The van der Waals surface area contributed by atoms with Crippen molar-refractivity contribution in [2.24, 2.45) is 5.73 Å². The van der Waals surface area contributed by atoms with E-state index in [0.29, 0.717) is 17.6 Å². The Hall–Kier alpha value is -0.320. The summed E-state index contributed by atoms with van der Waals surface area (Å²) in [5, 5.41) is 9.56. The minimum absolute atomic E-state index is 0.182. The minimum Gasteiger partial charge on any atom is -0.454 e. The van der Waals surface area contributed by atoms with Crippen LogP contribution in [0.3, 0.4) is 0 Å². The molecule has 0 fully saturated rings. The maximum atomic E-state index is 9.56. The highest BCUT2D eigenvalue weighted by Gasteiger charge is 2.32. The average Bonchev–Trinajstić information content (AvgIpc) is 2.52. The third-order valence-electron chi connectivity index (χ3n) is 2.28. The lowest BCUT2D eigenvalue weighted by Gasteiger charge is -2.04. The van der Waals surface area contributed by atoms with Crippen LogP contribution in [-0.2, 0) is 0 Å². The topological polar surface area (TPSA) is 59.4 Å². The van der Waals surface area contributed by atoms with E-state index in [2.05, 4.69) is 15.9 Å². The smallest absolute Gasteiger partial charge is 0.169 e. The van der Waals surface area contributed by atoms with Crippen molar-refractivity contribution < 1.29 is 9.52 Å². The molecule has 3 nitrogen and oxygen atoms in total. The van der Waals surface area contributed by atoms with Crippen LogP contribution in [0.15, 0.2) is 15.2 Å². The predicted octanol–water partition coefficient (Wildman–Crippen LogP) is 1.52. The van der Waals surface area contributed by atoms with E-state index in [1.54, 1.807) is 0 Å². The molecule has 2 rings (SSSR count). The van der Waals surface area contributed by atoms with Crippen molar-refractivity contribution in [3.05, 3.63) is 22.1 Å². The number of furan rings is 1. The first-order chi connectivity index (χ1) is 5.72. The largest absolute Gasteiger partial charge is 0.454 e. The lowest BCUT2D eigenvalue weighted by Crippen LogP contribution is -2.09. The van der Waals surface area contributed by atoms with Gasteiger partial charge in [-0.2, -0.15) is 0 Å². The predicted molar refractivity (Wildman–Crippen MR) is 47.8 cm³/mol. The SMILES string of the molecule is NCC1CC(O)c2cc(Br)oc21. The Morgan fingerprint density at radius 3 is 3.17 bits per heavy atom. The van der Waals surface area contributed by atoms with Gasteiger partial charge in [0.15, 0.2) is 4.67 Å². The number of hydrogen-bond acceptors (Lipinski definition) is 3. The zero-order chi connectivity index (χ0) is 8.72. The van der Waals surface area contributed by atoms with Crippen LogP contribution in [0.25, 0.3) is 0 Å². The molecule has 4 heteroatoms. The summed E-state index contributed by atoms with van der Waals surface area (Å²) >= 11 is 3.22. The van der Waals surface area contributed by atoms with Gasteiger partial charge >= 0.3 is 0 Å². The Balaban J connectivity index is 2.41. The van der Waals surface area contributed by atoms with Crippen molar-refractivity contribution in [1.29, 1.82) is 0 Å². The van der Waals surface area contributed by atoms with Gasteiger partial charge in [0.2, 0.25) is 0 Å². The number of nitrogens with two attached hydrogens (primary N) is 1. The molecule has 0 saturated carbocycles. The summed E-state index contributed by atoms with van der Waals surface area (Å²) < 4.78 is 6.05. The maximum Gasteiger partial charge on any atom is 0.169 e. The molecule has 0 spiro atoms. The Morgan fingerprint density at radius 1 is 1.75 bits per heavy atom. The van der Waals surface area contributed by atoms with Crippen LogP contribution in [0, 0.1) is 0 Å². The molecule has 0 amide bonds. The van der Waals surface area contributed by atoms with Crippen LogP contribution in [0.2, 0.25) is 0 Å². The first-order valence-corrected chi connectivity index (χ1v) is 4.69. The van der Waals surface area contributed by atoms with Gasteiger partial charge in [-0.3, -0.25) is 0 Å². The quantitative estimate of drug-likeness (QED) is 0.771. The molecule has 0 aromatic carbocycles. The monoisotopic (exact) mass is 231 g/mol. The first-order valence-electron chi connectivity index (χ1n) is 3.89. The Bertz CT molecular complexity index is 297. The summed E-state index contributed by atoms with van der Waals surface area (Å²) in [5.41, 5.74) is 6.42. The number of halogens is 1. The lowest BCUT2D eigenvalue weighted by atomic mass is 10.1. The number of aliphatic hydroxyl groups is 1. The minimum atomic E-state index is -0.399. The third-order valence-corrected chi connectivity index (χ3v) is 2.67. The summed E-state index contributed by atoms with van der Waals surface area (Å²) in [7, 11) is 0. The van der Waals surface area contributed by atoms with Gasteiger partial charge in [-0.1, -0.05) is 0 Å². The molecule has 2 unspecified atom stereocenters. The molecule has 1 aromatic heterocycles. The Kier molecular flexibility index (Phi) is 1.98. The van der Waals surface area contributed by atoms with E-state index in [-0.39, 0.29) is 5.92 Å². The summed E-state index contributed by atoms with van der Waals surface area (Å²) in [6.07, 6.45) is 0.293. The number of rotatable bonds is 1. The standard InChI is InChI=1S/C8H10BrNO2/c9-7-2-5-6(11)1-4(3-10)8(5)12-7/h2,4,6,11H,1,3,10H2. The highest BCUT2D eigenvalue weighted by molar-refractivity contribution is 9.10. The van der Waals surface area contributed by atoms with Crippen LogP contribution < -0.4 is 5.73 Å². The first kappa shape index (κ1) is 8.29. The van der Waals surface area contributed by atoms with Crippen molar-refractivity contribution in [3.63, 3.8) is 0 Å². The summed E-state index contributed by atoms with van der Waals surface area (Å²) in [5.74, 6) is 1.03. The molecule has 0 radical (unpaired) electrons. The molecule has 1 aromatic rings. The second kappa shape index (κ2) is 2.87. The van der Waals surface area contributed by atoms with Gasteiger partial charge in [0.05, 0.1) is 6.10 Å². The molecule has 0 bridgehead atoms. The Labute approximate surface area is 78.7 Å². The van der Waals surface area contributed by atoms with E-state index >= 15 is 0 Å². The second-order valence-corrected chi connectivity index (χ2v) is 3.84. The molecule has 0 saturated heterocycles. The number of aliphatic hydroxyl groups excluding tert-OH is 1. The molecule has 3 N–H and O–H groups in total. The van der Waals surface area contributed by atoms with E-state index in [1.807, 2.05) is 6.07 Å². The van der Waals surface area contributed by atoms with Gasteiger partial charge in [0.25, 0.3) is 0 Å². The molecule has 66 valence electrons. The summed E-state index contributed by atoms with van der Waals surface area (Å²) in [6.45, 7) is 0.532. The van der Waals surface area contributed by atoms with Crippen LogP contribution in [0.5, 0.6) is 0 Å². The fourth-order valence-electron chi connectivity index (χ4n) is 1.67. The average molecular weight is 232 g/mol. The fraction of sp³-hybridized carbons (Fsp3) is 0.500. The zero-order valence-corrected chi connectivity index (χ0v) is 8.04. The van der Waals surface area contributed by atoms with E-state index in [1.165, 1.54) is 0 Å². The van der Waals surface area contributed by atoms with Crippen molar-refractivity contribution in [2.75, 3.05) is 6.54 Å². The van der Waals surface area contributed by atoms with Gasteiger partial charge in [0.1, 0.15) is 5.76 Å². The van der Waals surface area contributed by atoms with Crippen LogP contribution in [0.1, 0.15) is 29.8 Å². The molecule has 1 aliphatic rings. The van der Waals surface area contributed by atoms with Gasteiger partial charge in [-0.15, -0.1) is 0 Å². The normalized spacial score (nSPS) is 27.6. The molecule has 2 atom stereocenters. The van der Waals surface area contributed by atoms with E-state index in [0.717, 1.165) is 11.3 Å². The van der Waals surface area contributed by atoms with Crippen LogP contribution in [0.4, 0.5) is 0 Å². The van der Waals surface area contributed by atoms with Gasteiger partial charge in [0, 0.05) is 18.0 Å². The van der Waals surface area contributed by atoms with Crippen LogP contribution >= 0.6 is 15.9 Å². The van der Waals surface area contributed by atoms with Gasteiger partial charge in [-0.25, -0.2) is 0 Å².